The third-order valence-corrected chi connectivity index (χ3v) is 15.6. The molecular weight excluding hydrogens is 1020 g/mol. The molecule has 83 heavy (non-hydrogen) atoms. The number of ether oxygens (including phenoxy) is 3. The standard InChI is InChI=1S/C77H134O6/c1-4-7-10-13-16-19-22-25-28-31-33-34-35-36-37-38-39-40-41-42-44-46-49-52-55-58-61-64-67-70-76(79)82-73-74(72-81-75(78)69-66-63-60-57-54-51-48-45-30-27-24-21-18-15-12-9-6-3)83-77(80)71-68-65-62-59-56-53-50-47-43-32-29-26-23-20-17-14-11-8-5-2/h8,11,17,20,26-27,29-31,33,43,47,53,56,62,65,74H,4-7,9-10,12-16,18-19,21-25,28,32,34-42,44-46,48-52,54-55,57-61,63-64,66-73H2,1-3H3/b11-8-,20-17-,29-26-,30-27-,33-31-,47-43-,56-53-,65-62-. The van der Waals surface area contributed by atoms with Crippen molar-refractivity contribution >= 4 is 17.9 Å². The van der Waals surface area contributed by atoms with Crippen LogP contribution in [-0.2, 0) is 28.6 Å². The molecule has 0 fully saturated rings. The smallest absolute Gasteiger partial charge is 0.306 e. The molecule has 0 saturated carbocycles. The first-order chi connectivity index (χ1) is 41.0. The van der Waals surface area contributed by atoms with Gasteiger partial charge in [-0.2, -0.15) is 0 Å². The summed E-state index contributed by atoms with van der Waals surface area (Å²) in [7, 11) is 0. The van der Waals surface area contributed by atoms with Crippen molar-refractivity contribution in [2.45, 2.75) is 361 Å². The SMILES string of the molecule is CC/C=C\C/C=C\C/C=C\C/C=C\C/C=C\C/C=C\CCC(=O)OC(COC(=O)CCCCCCCCC/C=C\CCCCCCCC)COC(=O)CCCCCCCCCCCCCCCCCCC/C=C\CCCCCCCCCC. The van der Waals surface area contributed by atoms with E-state index in [1.54, 1.807) is 0 Å². The van der Waals surface area contributed by atoms with E-state index in [-0.39, 0.29) is 37.5 Å². The maximum absolute atomic E-state index is 12.9. The van der Waals surface area contributed by atoms with Crippen LogP contribution in [0.15, 0.2) is 97.2 Å². The van der Waals surface area contributed by atoms with Crippen LogP contribution in [0.5, 0.6) is 0 Å². The van der Waals surface area contributed by atoms with Crippen LogP contribution in [0.1, 0.15) is 355 Å². The highest BCUT2D eigenvalue weighted by molar-refractivity contribution is 5.71. The zero-order chi connectivity index (χ0) is 59.9. The zero-order valence-electron chi connectivity index (χ0n) is 54.9. The summed E-state index contributed by atoms with van der Waals surface area (Å²) in [5, 5.41) is 0. The van der Waals surface area contributed by atoms with Crippen molar-refractivity contribution in [1.82, 2.24) is 0 Å². The number of unbranched alkanes of at least 4 members (excludes halogenated alkanes) is 38. The Hall–Kier alpha value is -3.67. The van der Waals surface area contributed by atoms with E-state index in [0.29, 0.717) is 19.3 Å². The first-order valence-electron chi connectivity index (χ1n) is 35.7. The lowest BCUT2D eigenvalue weighted by Gasteiger charge is -2.18. The Balaban J connectivity index is 4.34. The summed E-state index contributed by atoms with van der Waals surface area (Å²) in [5.41, 5.74) is 0. The van der Waals surface area contributed by atoms with Crippen LogP contribution in [0.2, 0.25) is 0 Å². The molecule has 0 rings (SSSR count). The van der Waals surface area contributed by atoms with Crippen molar-refractivity contribution in [1.29, 1.82) is 0 Å². The minimum absolute atomic E-state index is 0.107. The van der Waals surface area contributed by atoms with Crippen LogP contribution in [-0.4, -0.2) is 37.2 Å². The summed E-state index contributed by atoms with van der Waals surface area (Å²) in [4.78, 5) is 38.4. The summed E-state index contributed by atoms with van der Waals surface area (Å²) < 4.78 is 16.9. The van der Waals surface area contributed by atoms with Gasteiger partial charge in [-0.3, -0.25) is 14.4 Å². The molecule has 0 aliphatic rings. The van der Waals surface area contributed by atoms with Gasteiger partial charge in [0.1, 0.15) is 13.2 Å². The van der Waals surface area contributed by atoms with Gasteiger partial charge in [0.25, 0.3) is 0 Å². The molecule has 0 amide bonds. The second kappa shape index (κ2) is 70.8. The highest BCUT2D eigenvalue weighted by Gasteiger charge is 2.19. The molecule has 0 bridgehead atoms. The molecule has 6 heteroatoms. The van der Waals surface area contributed by atoms with Gasteiger partial charge in [-0.25, -0.2) is 0 Å². The Morgan fingerprint density at radius 1 is 0.253 bits per heavy atom. The van der Waals surface area contributed by atoms with E-state index in [0.717, 1.165) is 77.0 Å². The van der Waals surface area contributed by atoms with Crippen LogP contribution in [0.3, 0.4) is 0 Å². The van der Waals surface area contributed by atoms with Gasteiger partial charge < -0.3 is 14.2 Å². The molecule has 0 N–H and O–H groups in total. The Kier molecular flexibility index (Phi) is 67.7. The number of allylic oxidation sites excluding steroid dienone is 16. The second-order valence-electron chi connectivity index (χ2n) is 23.8. The van der Waals surface area contributed by atoms with Crippen molar-refractivity contribution in [3.8, 4) is 0 Å². The largest absolute Gasteiger partial charge is 0.462 e. The number of hydrogen-bond donors (Lipinski definition) is 0. The summed E-state index contributed by atoms with van der Waals surface area (Å²) >= 11 is 0. The van der Waals surface area contributed by atoms with Gasteiger partial charge >= 0.3 is 17.9 Å². The third kappa shape index (κ3) is 69.0. The van der Waals surface area contributed by atoms with Gasteiger partial charge in [0, 0.05) is 19.3 Å². The van der Waals surface area contributed by atoms with Crippen molar-refractivity contribution < 1.29 is 28.6 Å². The molecule has 0 radical (unpaired) electrons. The Labute approximate surface area is 515 Å². The number of rotatable bonds is 65. The van der Waals surface area contributed by atoms with E-state index in [9.17, 15) is 14.4 Å². The Bertz CT molecular complexity index is 1610. The van der Waals surface area contributed by atoms with E-state index in [4.69, 9.17) is 14.2 Å². The lowest BCUT2D eigenvalue weighted by molar-refractivity contribution is -0.166. The molecule has 1 unspecified atom stereocenters. The molecule has 0 aromatic carbocycles. The summed E-state index contributed by atoms with van der Waals surface area (Å²) in [6.45, 7) is 6.50. The van der Waals surface area contributed by atoms with E-state index < -0.39 is 6.10 Å². The number of hydrogen-bond acceptors (Lipinski definition) is 6. The normalized spacial score (nSPS) is 12.7. The fourth-order valence-electron chi connectivity index (χ4n) is 10.2. The molecule has 478 valence electrons. The average Bonchev–Trinajstić information content (AvgIpc) is 3.49. The molecule has 6 nitrogen and oxygen atoms in total. The van der Waals surface area contributed by atoms with Gasteiger partial charge in [0.05, 0.1) is 0 Å². The highest BCUT2D eigenvalue weighted by atomic mass is 16.6. The van der Waals surface area contributed by atoms with Crippen LogP contribution < -0.4 is 0 Å². The monoisotopic (exact) mass is 1160 g/mol. The highest BCUT2D eigenvalue weighted by Crippen LogP contribution is 2.17. The molecule has 0 aliphatic carbocycles. The molecule has 0 spiro atoms. The van der Waals surface area contributed by atoms with E-state index in [1.165, 1.54) is 231 Å². The van der Waals surface area contributed by atoms with E-state index in [2.05, 4.69) is 112 Å². The van der Waals surface area contributed by atoms with Gasteiger partial charge in [0.2, 0.25) is 0 Å². The van der Waals surface area contributed by atoms with Crippen LogP contribution in [0.4, 0.5) is 0 Å². The van der Waals surface area contributed by atoms with E-state index in [1.807, 2.05) is 6.08 Å². The first-order valence-corrected chi connectivity index (χ1v) is 35.7. The molecule has 0 aliphatic heterocycles. The van der Waals surface area contributed by atoms with Gasteiger partial charge in [0.15, 0.2) is 6.10 Å². The summed E-state index contributed by atoms with van der Waals surface area (Å²) in [6, 6.07) is 0. The maximum Gasteiger partial charge on any atom is 0.306 e. The molecule has 1 atom stereocenters. The van der Waals surface area contributed by atoms with Gasteiger partial charge in [-0.15, -0.1) is 0 Å². The van der Waals surface area contributed by atoms with E-state index >= 15 is 0 Å². The quantitative estimate of drug-likeness (QED) is 0.0261. The predicted molar refractivity (Wildman–Crippen MR) is 362 cm³/mol. The molecule has 0 heterocycles. The van der Waals surface area contributed by atoms with Gasteiger partial charge in [-0.05, 0) is 109 Å². The minimum Gasteiger partial charge on any atom is -0.462 e. The Morgan fingerprint density at radius 2 is 0.494 bits per heavy atom. The van der Waals surface area contributed by atoms with Crippen LogP contribution in [0.25, 0.3) is 0 Å². The van der Waals surface area contributed by atoms with Gasteiger partial charge in [-0.1, -0.05) is 323 Å². The van der Waals surface area contributed by atoms with Crippen molar-refractivity contribution in [3.05, 3.63) is 97.2 Å². The topological polar surface area (TPSA) is 78.9 Å². The average molecular weight is 1160 g/mol. The van der Waals surface area contributed by atoms with Crippen LogP contribution >= 0.6 is 0 Å². The fourth-order valence-corrected chi connectivity index (χ4v) is 10.2. The zero-order valence-corrected chi connectivity index (χ0v) is 54.9. The molecular formula is C77H134O6. The second-order valence-corrected chi connectivity index (χ2v) is 23.8. The third-order valence-electron chi connectivity index (χ3n) is 15.6. The van der Waals surface area contributed by atoms with Crippen molar-refractivity contribution in [3.63, 3.8) is 0 Å². The number of carbonyl (C=O) groups is 3. The predicted octanol–water partition coefficient (Wildman–Crippen LogP) is 24.8. The Morgan fingerprint density at radius 3 is 0.783 bits per heavy atom. The van der Waals surface area contributed by atoms with Crippen molar-refractivity contribution in [2.75, 3.05) is 13.2 Å². The summed E-state index contributed by atoms with van der Waals surface area (Å²) in [5.74, 6) is -0.981. The van der Waals surface area contributed by atoms with Crippen LogP contribution in [0, 0.1) is 0 Å². The van der Waals surface area contributed by atoms with Crippen molar-refractivity contribution in [2.24, 2.45) is 0 Å². The molecule has 0 aromatic rings. The number of esters is 3. The lowest BCUT2D eigenvalue weighted by Crippen LogP contribution is -2.30. The fraction of sp³-hybridized carbons (Fsp3) is 0.753. The first kappa shape index (κ1) is 79.3. The summed E-state index contributed by atoms with van der Waals surface area (Å²) in [6.07, 6.45) is 96.0. The number of carbonyl (C=O) groups excluding carboxylic acids is 3. The molecule has 0 saturated heterocycles. The molecule has 0 aromatic heterocycles. The maximum atomic E-state index is 12.9. The lowest BCUT2D eigenvalue weighted by atomic mass is 10.0. The minimum atomic E-state index is -0.821.